The van der Waals surface area contributed by atoms with Crippen LogP contribution in [0.2, 0.25) is 0 Å². The zero-order valence-corrected chi connectivity index (χ0v) is 12.7. The predicted molar refractivity (Wildman–Crippen MR) is 85.3 cm³/mol. The SMILES string of the molecule is O=S(=O)(c1ccc2ccccc2c1)N1CCCn2nccc21. The van der Waals surface area contributed by atoms with E-state index in [1.54, 1.807) is 29.1 Å². The number of nitrogens with zero attached hydrogens (tertiary/aromatic N) is 3. The van der Waals surface area contributed by atoms with Crippen molar-refractivity contribution >= 4 is 26.6 Å². The maximum absolute atomic E-state index is 13.0. The average molecular weight is 313 g/mol. The number of hydrogen-bond acceptors (Lipinski definition) is 3. The molecule has 4 rings (SSSR count). The Morgan fingerprint density at radius 2 is 1.77 bits per heavy atom. The molecule has 5 nitrogen and oxygen atoms in total. The molecule has 2 heterocycles. The molecule has 0 saturated carbocycles. The summed E-state index contributed by atoms with van der Waals surface area (Å²) in [5.41, 5.74) is 0. The van der Waals surface area contributed by atoms with Gasteiger partial charge in [-0.1, -0.05) is 30.3 Å². The molecule has 0 atom stereocenters. The summed E-state index contributed by atoms with van der Waals surface area (Å²) in [5, 5.41) is 6.13. The predicted octanol–water partition coefficient (Wildman–Crippen LogP) is 2.64. The van der Waals surface area contributed by atoms with Gasteiger partial charge in [0.1, 0.15) is 5.82 Å². The van der Waals surface area contributed by atoms with E-state index < -0.39 is 10.0 Å². The molecule has 0 fully saturated rings. The number of anilines is 1. The number of aromatic nitrogens is 2. The van der Waals surface area contributed by atoms with Crippen molar-refractivity contribution in [1.82, 2.24) is 9.78 Å². The average Bonchev–Trinajstić information content (AvgIpc) is 3.02. The first kappa shape index (κ1) is 13.3. The molecule has 0 spiro atoms. The Balaban J connectivity index is 1.83. The minimum Gasteiger partial charge on any atom is -0.250 e. The fourth-order valence-electron chi connectivity index (χ4n) is 2.89. The molecule has 6 heteroatoms. The molecule has 0 aliphatic carbocycles. The second kappa shape index (κ2) is 4.84. The maximum Gasteiger partial charge on any atom is 0.265 e. The van der Waals surface area contributed by atoms with Crippen LogP contribution in [0.3, 0.4) is 0 Å². The van der Waals surface area contributed by atoms with E-state index in [-0.39, 0.29) is 0 Å². The van der Waals surface area contributed by atoms with Crippen LogP contribution in [0.1, 0.15) is 6.42 Å². The van der Waals surface area contributed by atoms with Gasteiger partial charge in [-0.25, -0.2) is 17.4 Å². The highest BCUT2D eigenvalue weighted by molar-refractivity contribution is 7.92. The first-order valence-corrected chi connectivity index (χ1v) is 8.64. The van der Waals surface area contributed by atoms with Crippen LogP contribution in [-0.4, -0.2) is 24.7 Å². The molecule has 0 unspecified atom stereocenters. The van der Waals surface area contributed by atoms with Gasteiger partial charge in [0.05, 0.1) is 11.1 Å². The molecule has 1 aromatic heterocycles. The highest BCUT2D eigenvalue weighted by Crippen LogP contribution is 2.28. The van der Waals surface area contributed by atoms with Gasteiger partial charge in [-0.2, -0.15) is 5.10 Å². The van der Waals surface area contributed by atoms with Crippen LogP contribution in [0.4, 0.5) is 5.82 Å². The minimum absolute atomic E-state index is 0.320. The normalized spacial score (nSPS) is 15.0. The summed E-state index contributed by atoms with van der Waals surface area (Å²) in [6.07, 6.45) is 2.41. The summed E-state index contributed by atoms with van der Waals surface area (Å²) < 4.78 is 29.1. The molecule has 1 aliphatic heterocycles. The summed E-state index contributed by atoms with van der Waals surface area (Å²) in [5.74, 6) is 0.638. The van der Waals surface area contributed by atoms with Crippen LogP contribution >= 0.6 is 0 Å². The van der Waals surface area contributed by atoms with Gasteiger partial charge in [-0.05, 0) is 29.3 Å². The van der Waals surface area contributed by atoms with Crippen LogP contribution in [-0.2, 0) is 16.6 Å². The summed E-state index contributed by atoms with van der Waals surface area (Å²) in [6.45, 7) is 1.24. The quantitative estimate of drug-likeness (QED) is 0.731. The van der Waals surface area contributed by atoms with Gasteiger partial charge < -0.3 is 0 Å². The van der Waals surface area contributed by atoms with E-state index in [1.165, 1.54) is 4.31 Å². The number of rotatable bonds is 2. The molecular formula is C16H15N3O2S. The highest BCUT2D eigenvalue weighted by atomic mass is 32.2. The molecule has 112 valence electrons. The van der Waals surface area contributed by atoms with E-state index in [0.29, 0.717) is 17.3 Å². The second-order valence-corrected chi connectivity index (χ2v) is 7.21. The molecule has 0 radical (unpaired) electrons. The molecule has 0 bridgehead atoms. The Bertz CT molecular complexity index is 947. The number of sulfonamides is 1. The van der Waals surface area contributed by atoms with Gasteiger partial charge in [0, 0.05) is 19.2 Å². The van der Waals surface area contributed by atoms with Crippen molar-refractivity contribution in [2.24, 2.45) is 0 Å². The van der Waals surface area contributed by atoms with E-state index >= 15 is 0 Å². The third-order valence-corrected chi connectivity index (χ3v) is 5.79. The number of hydrogen-bond donors (Lipinski definition) is 0. The lowest BCUT2D eigenvalue weighted by atomic mass is 10.1. The van der Waals surface area contributed by atoms with Gasteiger partial charge in [-0.15, -0.1) is 0 Å². The lowest BCUT2D eigenvalue weighted by Gasteiger charge is -2.28. The Kier molecular flexibility index (Phi) is 2.94. The minimum atomic E-state index is -3.56. The maximum atomic E-state index is 13.0. The summed E-state index contributed by atoms with van der Waals surface area (Å²) >= 11 is 0. The molecule has 22 heavy (non-hydrogen) atoms. The standard InChI is InChI=1S/C16H15N3O2S/c20-22(21,19-11-3-10-18-16(19)8-9-17-18)15-7-6-13-4-1-2-5-14(13)12-15/h1-2,4-9,12H,3,10-11H2. The van der Waals surface area contributed by atoms with Crippen LogP contribution in [0.25, 0.3) is 10.8 Å². The molecular weight excluding hydrogens is 298 g/mol. The first-order valence-electron chi connectivity index (χ1n) is 7.20. The van der Waals surface area contributed by atoms with Gasteiger partial charge in [0.15, 0.2) is 0 Å². The topological polar surface area (TPSA) is 55.2 Å². The van der Waals surface area contributed by atoms with E-state index in [1.807, 2.05) is 30.3 Å². The van der Waals surface area contributed by atoms with E-state index in [2.05, 4.69) is 5.10 Å². The van der Waals surface area contributed by atoms with Crippen molar-refractivity contribution in [3.05, 3.63) is 54.7 Å². The molecule has 1 aliphatic rings. The molecule has 3 aromatic rings. The van der Waals surface area contributed by atoms with Crippen LogP contribution in [0.15, 0.2) is 59.6 Å². The van der Waals surface area contributed by atoms with Gasteiger partial charge >= 0.3 is 0 Å². The fourth-order valence-corrected chi connectivity index (χ4v) is 4.43. The lowest BCUT2D eigenvalue weighted by molar-refractivity contribution is 0.532. The number of benzene rings is 2. The van der Waals surface area contributed by atoms with Gasteiger partial charge in [0.2, 0.25) is 0 Å². The monoisotopic (exact) mass is 313 g/mol. The zero-order chi connectivity index (χ0) is 15.2. The number of fused-ring (bicyclic) bond motifs is 2. The Morgan fingerprint density at radius 3 is 2.64 bits per heavy atom. The Morgan fingerprint density at radius 1 is 0.955 bits per heavy atom. The third kappa shape index (κ3) is 1.99. The second-order valence-electron chi connectivity index (χ2n) is 5.35. The molecule has 0 saturated heterocycles. The molecule has 0 N–H and O–H groups in total. The lowest BCUT2D eigenvalue weighted by Crippen LogP contribution is -2.37. The van der Waals surface area contributed by atoms with Crippen molar-refractivity contribution in [2.75, 3.05) is 10.8 Å². The summed E-state index contributed by atoms with van der Waals surface area (Å²) in [6, 6.07) is 14.8. The molecule has 2 aromatic carbocycles. The Labute approximate surface area is 128 Å². The largest absolute Gasteiger partial charge is 0.265 e. The molecule has 0 amide bonds. The van der Waals surface area contributed by atoms with Crippen molar-refractivity contribution in [1.29, 1.82) is 0 Å². The number of aryl methyl sites for hydroxylation is 1. The Hall–Kier alpha value is -2.34. The van der Waals surface area contributed by atoms with Crippen LogP contribution in [0, 0.1) is 0 Å². The summed E-state index contributed by atoms with van der Waals surface area (Å²) in [4.78, 5) is 0.320. The van der Waals surface area contributed by atoms with Crippen molar-refractivity contribution in [3.63, 3.8) is 0 Å². The smallest absolute Gasteiger partial charge is 0.250 e. The van der Waals surface area contributed by atoms with Gasteiger partial charge in [-0.3, -0.25) is 0 Å². The fraction of sp³-hybridized carbons (Fsp3) is 0.188. The van der Waals surface area contributed by atoms with Crippen molar-refractivity contribution in [3.8, 4) is 0 Å². The van der Waals surface area contributed by atoms with Crippen molar-refractivity contribution in [2.45, 2.75) is 17.9 Å². The van der Waals surface area contributed by atoms with Gasteiger partial charge in [0.25, 0.3) is 10.0 Å². The summed E-state index contributed by atoms with van der Waals surface area (Å²) in [7, 11) is -3.56. The van der Waals surface area contributed by atoms with E-state index in [0.717, 1.165) is 23.7 Å². The first-order chi connectivity index (χ1) is 10.7. The van der Waals surface area contributed by atoms with Crippen LogP contribution in [0.5, 0.6) is 0 Å². The van der Waals surface area contributed by atoms with E-state index in [4.69, 9.17) is 0 Å². The highest BCUT2D eigenvalue weighted by Gasteiger charge is 2.29. The van der Waals surface area contributed by atoms with E-state index in [9.17, 15) is 8.42 Å². The van der Waals surface area contributed by atoms with Crippen molar-refractivity contribution < 1.29 is 8.42 Å². The zero-order valence-electron chi connectivity index (χ0n) is 11.9. The van der Waals surface area contributed by atoms with Crippen LogP contribution < -0.4 is 4.31 Å². The third-order valence-electron chi connectivity index (χ3n) is 3.99.